The predicted molar refractivity (Wildman–Crippen MR) is 92.4 cm³/mol. The average molecular weight is 330 g/mol. The van der Waals surface area contributed by atoms with Gasteiger partial charge in [-0.05, 0) is 27.7 Å². The summed E-state index contributed by atoms with van der Waals surface area (Å²) in [5.41, 5.74) is -0.0449. The maximum absolute atomic E-state index is 12.2. The lowest BCUT2D eigenvalue weighted by molar-refractivity contribution is -0.123. The van der Waals surface area contributed by atoms with Gasteiger partial charge in [0, 0.05) is 55.7 Å². The second kappa shape index (κ2) is 7.99. The van der Waals surface area contributed by atoms with Crippen LogP contribution in [-0.4, -0.2) is 72.3 Å². The van der Waals surface area contributed by atoms with E-state index in [4.69, 9.17) is 4.74 Å². The number of ether oxygens (including phenoxy) is 1. The van der Waals surface area contributed by atoms with Crippen molar-refractivity contribution in [1.82, 2.24) is 15.5 Å². The maximum Gasteiger partial charge on any atom is 0.221 e. The van der Waals surface area contributed by atoms with Gasteiger partial charge in [-0.15, -0.1) is 0 Å². The standard InChI is InChI=1S/C16H31N3O2S/c1-12-8-19(9-13(2)21-12)16(3,4)11-18-15(20)7-14-10-22-6-5-17-14/h12-14,17H,5-11H2,1-4H3,(H,18,20). The monoisotopic (exact) mass is 329 g/mol. The minimum atomic E-state index is -0.0449. The molecule has 0 aliphatic carbocycles. The van der Waals surface area contributed by atoms with Crippen molar-refractivity contribution in [2.45, 2.75) is 57.9 Å². The zero-order valence-corrected chi connectivity index (χ0v) is 15.2. The molecule has 5 nitrogen and oxygen atoms in total. The Hall–Kier alpha value is -0.300. The quantitative estimate of drug-likeness (QED) is 0.791. The van der Waals surface area contributed by atoms with E-state index in [1.165, 1.54) is 0 Å². The highest BCUT2D eigenvalue weighted by Gasteiger charge is 2.33. The van der Waals surface area contributed by atoms with Crippen LogP contribution in [0.15, 0.2) is 0 Å². The van der Waals surface area contributed by atoms with Gasteiger partial charge < -0.3 is 15.4 Å². The molecule has 0 bridgehead atoms. The molecule has 128 valence electrons. The molecule has 2 fully saturated rings. The second-order valence-electron chi connectivity index (χ2n) is 7.18. The molecule has 0 radical (unpaired) electrons. The Bertz CT molecular complexity index is 362. The lowest BCUT2D eigenvalue weighted by Crippen LogP contribution is -2.58. The van der Waals surface area contributed by atoms with Crippen molar-refractivity contribution >= 4 is 17.7 Å². The average Bonchev–Trinajstić information content (AvgIpc) is 2.45. The van der Waals surface area contributed by atoms with Gasteiger partial charge in [0.1, 0.15) is 0 Å². The zero-order valence-electron chi connectivity index (χ0n) is 14.4. The molecule has 6 heteroatoms. The van der Waals surface area contributed by atoms with Crippen LogP contribution in [0.5, 0.6) is 0 Å². The summed E-state index contributed by atoms with van der Waals surface area (Å²) in [4.78, 5) is 14.6. The SMILES string of the molecule is CC1CN(C(C)(C)CNC(=O)CC2CSCCN2)CC(C)O1. The van der Waals surface area contributed by atoms with E-state index in [1.54, 1.807) is 0 Å². The van der Waals surface area contributed by atoms with Crippen LogP contribution in [0.4, 0.5) is 0 Å². The zero-order chi connectivity index (χ0) is 16.2. The van der Waals surface area contributed by atoms with Crippen LogP contribution < -0.4 is 10.6 Å². The van der Waals surface area contributed by atoms with E-state index in [1.807, 2.05) is 11.8 Å². The molecule has 0 aromatic rings. The van der Waals surface area contributed by atoms with Gasteiger partial charge in [0.15, 0.2) is 0 Å². The molecule has 3 atom stereocenters. The van der Waals surface area contributed by atoms with Crippen molar-refractivity contribution in [3.05, 3.63) is 0 Å². The third-order valence-electron chi connectivity index (χ3n) is 4.42. The van der Waals surface area contributed by atoms with Crippen LogP contribution in [0, 0.1) is 0 Å². The number of nitrogens with one attached hydrogen (secondary N) is 2. The highest BCUT2D eigenvalue weighted by Crippen LogP contribution is 2.20. The van der Waals surface area contributed by atoms with Crippen molar-refractivity contribution in [2.75, 3.05) is 37.7 Å². The van der Waals surface area contributed by atoms with E-state index in [2.05, 4.69) is 43.2 Å². The maximum atomic E-state index is 12.2. The van der Waals surface area contributed by atoms with Crippen LogP contribution in [0.2, 0.25) is 0 Å². The molecule has 2 heterocycles. The second-order valence-corrected chi connectivity index (χ2v) is 8.33. The van der Waals surface area contributed by atoms with E-state index in [0.717, 1.165) is 31.1 Å². The molecule has 0 saturated carbocycles. The van der Waals surface area contributed by atoms with Gasteiger partial charge >= 0.3 is 0 Å². The highest BCUT2D eigenvalue weighted by molar-refractivity contribution is 7.99. The number of hydrogen-bond donors (Lipinski definition) is 2. The lowest BCUT2D eigenvalue weighted by atomic mass is 10.00. The first-order valence-corrected chi connectivity index (χ1v) is 9.50. The topological polar surface area (TPSA) is 53.6 Å². The van der Waals surface area contributed by atoms with Gasteiger partial charge in [0.2, 0.25) is 5.91 Å². The van der Waals surface area contributed by atoms with Crippen LogP contribution in [-0.2, 0) is 9.53 Å². The van der Waals surface area contributed by atoms with E-state index in [0.29, 0.717) is 19.0 Å². The number of amides is 1. The third-order valence-corrected chi connectivity index (χ3v) is 5.55. The van der Waals surface area contributed by atoms with Crippen molar-refractivity contribution < 1.29 is 9.53 Å². The van der Waals surface area contributed by atoms with Crippen molar-refractivity contribution in [3.8, 4) is 0 Å². The summed E-state index contributed by atoms with van der Waals surface area (Å²) < 4.78 is 5.80. The van der Waals surface area contributed by atoms with Crippen molar-refractivity contribution in [2.24, 2.45) is 0 Å². The Kier molecular flexibility index (Phi) is 6.56. The third kappa shape index (κ3) is 5.41. The van der Waals surface area contributed by atoms with Gasteiger partial charge in [0.05, 0.1) is 12.2 Å². The van der Waals surface area contributed by atoms with Crippen LogP contribution in [0.25, 0.3) is 0 Å². The number of nitrogens with zero attached hydrogens (tertiary/aromatic N) is 1. The first kappa shape index (κ1) is 18.0. The minimum Gasteiger partial charge on any atom is -0.373 e. The molecule has 3 unspecified atom stereocenters. The van der Waals surface area contributed by atoms with Crippen molar-refractivity contribution in [3.63, 3.8) is 0 Å². The molecule has 0 spiro atoms. The minimum absolute atomic E-state index is 0.0449. The number of carbonyl (C=O) groups excluding carboxylic acids is 1. The number of hydrogen-bond acceptors (Lipinski definition) is 5. The first-order chi connectivity index (χ1) is 10.4. The lowest BCUT2D eigenvalue weighted by Gasteiger charge is -2.45. The fraction of sp³-hybridized carbons (Fsp3) is 0.938. The molecule has 0 aromatic carbocycles. The van der Waals surface area contributed by atoms with E-state index < -0.39 is 0 Å². The molecule has 2 rings (SSSR count). The molecule has 0 aromatic heterocycles. The summed E-state index contributed by atoms with van der Waals surface area (Å²) in [5.74, 6) is 2.34. The molecule has 2 aliphatic rings. The van der Waals surface area contributed by atoms with Crippen LogP contribution in [0.1, 0.15) is 34.1 Å². The summed E-state index contributed by atoms with van der Waals surface area (Å²) in [6.45, 7) is 12.2. The summed E-state index contributed by atoms with van der Waals surface area (Å²) in [7, 11) is 0. The van der Waals surface area contributed by atoms with Gasteiger partial charge in [-0.3, -0.25) is 9.69 Å². The fourth-order valence-corrected chi connectivity index (χ4v) is 4.09. The molecule has 2 aliphatic heterocycles. The Morgan fingerprint density at radius 2 is 2.05 bits per heavy atom. The Balaban J connectivity index is 1.77. The van der Waals surface area contributed by atoms with E-state index in [-0.39, 0.29) is 23.7 Å². The summed E-state index contributed by atoms with van der Waals surface area (Å²) in [6, 6.07) is 0.324. The smallest absolute Gasteiger partial charge is 0.221 e. The highest BCUT2D eigenvalue weighted by atomic mass is 32.2. The molecular weight excluding hydrogens is 298 g/mol. The largest absolute Gasteiger partial charge is 0.373 e. The first-order valence-electron chi connectivity index (χ1n) is 8.35. The molecule has 2 saturated heterocycles. The molecule has 1 amide bonds. The predicted octanol–water partition coefficient (Wildman–Crippen LogP) is 1.09. The normalized spacial score (nSPS) is 31.0. The molecule has 22 heavy (non-hydrogen) atoms. The van der Waals surface area contributed by atoms with Crippen LogP contribution in [0.3, 0.4) is 0 Å². The summed E-state index contributed by atoms with van der Waals surface area (Å²) >= 11 is 1.93. The fourth-order valence-electron chi connectivity index (χ4n) is 3.15. The van der Waals surface area contributed by atoms with Gasteiger partial charge in [-0.25, -0.2) is 0 Å². The van der Waals surface area contributed by atoms with E-state index >= 15 is 0 Å². The summed E-state index contributed by atoms with van der Waals surface area (Å²) in [5, 5.41) is 6.54. The Labute approximate surface area is 138 Å². The number of thioether (sulfide) groups is 1. The molecular formula is C16H31N3O2S. The van der Waals surface area contributed by atoms with Gasteiger partial charge in [0.25, 0.3) is 0 Å². The molecule has 2 N–H and O–H groups in total. The Morgan fingerprint density at radius 1 is 1.36 bits per heavy atom. The van der Waals surface area contributed by atoms with Gasteiger partial charge in [-0.2, -0.15) is 11.8 Å². The van der Waals surface area contributed by atoms with Crippen LogP contribution >= 0.6 is 11.8 Å². The van der Waals surface area contributed by atoms with Gasteiger partial charge in [-0.1, -0.05) is 0 Å². The van der Waals surface area contributed by atoms with E-state index in [9.17, 15) is 4.79 Å². The van der Waals surface area contributed by atoms with Crippen molar-refractivity contribution in [1.29, 1.82) is 0 Å². The number of morpholine rings is 1. The number of rotatable bonds is 5. The number of carbonyl (C=O) groups is 1. The Morgan fingerprint density at radius 3 is 2.64 bits per heavy atom. The summed E-state index contributed by atoms with van der Waals surface area (Å²) in [6.07, 6.45) is 1.09.